The fraction of sp³-hybridized carbons (Fsp3) is 0.278. The van der Waals surface area contributed by atoms with Crippen LogP contribution in [0.3, 0.4) is 0 Å². The van der Waals surface area contributed by atoms with E-state index in [9.17, 15) is 4.79 Å². The van der Waals surface area contributed by atoms with E-state index in [0.717, 1.165) is 18.7 Å². The summed E-state index contributed by atoms with van der Waals surface area (Å²) in [5.41, 5.74) is 3.56. The number of para-hydroxylation sites is 1. The Labute approximate surface area is 125 Å². The Bertz CT molecular complexity index is 624. The van der Waals surface area contributed by atoms with Gasteiger partial charge in [-0.05, 0) is 36.2 Å². The van der Waals surface area contributed by atoms with E-state index in [1.807, 2.05) is 43.4 Å². The highest BCUT2D eigenvalue weighted by atomic mass is 16.2. The summed E-state index contributed by atoms with van der Waals surface area (Å²) < 4.78 is 0. The highest BCUT2D eigenvalue weighted by Gasteiger charge is 2.23. The number of nitrogens with one attached hydrogen (secondary N) is 1. The van der Waals surface area contributed by atoms with Gasteiger partial charge in [0.1, 0.15) is 0 Å². The van der Waals surface area contributed by atoms with E-state index in [4.69, 9.17) is 0 Å². The molecule has 2 aromatic rings. The van der Waals surface area contributed by atoms with Crippen molar-refractivity contribution in [1.29, 1.82) is 0 Å². The molecule has 3 nitrogen and oxygen atoms in total. The van der Waals surface area contributed by atoms with Gasteiger partial charge in [-0.25, -0.2) is 0 Å². The molecule has 0 aromatic heterocycles. The van der Waals surface area contributed by atoms with Crippen molar-refractivity contribution in [2.75, 3.05) is 18.5 Å². The third-order valence-corrected chi connectivity index (χ3v) is 4.11. The molecule has 1 aliphatic rings. The smallest absolute Gasteiger partial charge is 0.228 e. The Balaban J connectivity index is 1.74. The van der Waals surface area contributed by atoms with Crippen LogP contribution in [0.1, 0.15) is 23.6 Å². The van der Waals surface area contributed by atoms with Gasteiger partial charge in [-0.3, -0.25) is 4.79 Å². The van der Waals surface area contributed by atoms with Gasteiger partial charge in [0, 0.05) is 25.2 Å². The molecule has 1 unspecified atom stereocenters. The molecule has 0 saturated heterocycles. The van der Waals surface area contributed by atoms with Crippen LogP contribution in [0.5, 0.6) is 0 Å². The molecule has 0 fully saturated rings. The average Bonchev–Trinajstić information content (AvgIpc) is 2.55. The predicted molar refractivity (Wildman–Crippen MR) is 85.4 cm³/mol. The van der Waals surface area contributed by atoms with Crippen LogP contribution >= 0.6 is 0 Å². The maximum Gasteiger partial charge on any atom is 0.228 e. The summed E-state index contributed by atoms with van der Waals surface area (Å²) in [6.07, 6.45) is 1.53. The van der Waals surface area contributed by atoms with Crippen molar-refractivity contribution in [2.24, 2.45) is 0 Å². The number of rotatable bonds is 3. The zero-order valence-electron chi connectivity index (χ0n) is 12.3. The van der Waals surface area contributed by atoms with Crippen LogP contribution in [0.25, 0.3) is 0 Å². The third kappa shape index (κ3) is 2.98. The first kappa shape index (κ1) is 13.8. The molecular weight excluding hydrogens is 260 g/mol. The van der Waals surface area contributed by atoms with Crippen molar-refractivity contribution in [1.82, 2.24) is 5.32 Å². The standard InChI is InChI=1S/C18H20N2O/c1-20(15-8-3-2-4-9-15)18(21)13-17-16-10-6-5-7-14(16)11-12-19-17/h2-10,17,19H,11-13H2,1H3. The minimum atomic E-state index is 0.119. The Hall–Kier alpha value is -2.13. The summed E-state index contributed by atoms with van der Waals surface area (Å²) >= 11 is 0. The number of hydrogen-bond acceptors (Lipinski definition) is 2. The first-order chi connectivity index (χ1) is 10.3. The number of amides is 1. The normalized spacial score (nSPS) is 17.1. The highest BCUT2D eigenvalue weighted by Crippen LogP contribution is 2.26. The third-order valence-electron chi connectivity index (χ3n) is 4.11. The molecule has 3 rings (SSSR count). The van der Waals surface area contributed by atoms with Crippen molar-refractivity contribution in [3.05, 3.63) is 65.7 Å². The number of nitrogens with zero attached hydrogens (tertiary/aromatic N) is 1. The summed E-state index contributed by atoms with van der Waals surface area (Å²) in [5.74, 6) is 0.135. The zero-order chi connectivity index (χ0) is 14.7. The molecule has 2 aromatic carbocycles. The molecular formula is C18H20N2O. The topological polar surface area (TPSA) is 32.3 Å². The molecule has 1 N–H and O–H groups in total. The van der Waals surface area contributed by atoms with Crippen LogP contribution < -0.4 is 10.2 Å². The van der Waals surface area contributed by atoms with E-state index >= 15 is 0 Å². The largest absolute Gasteiger partial charge is 0.315 e. The van der Waals surface area contributed by atoms with Crippen LogP contribution in [-0.4, -0.2) is 19.5 Å². The monoisotopic (exact) mass is 280 g/mol. The zero-order valence-corrected chi connectivity index (χ0v) is 12.3. The van der Waals surface area contributed by atoms with Gasteiger partial charge in [-0.2, -0.15) is 0 Å². The summed E-state index contributed by atoms with van der Waals surface area (Å²) in [6.45, 7) is 0.935. The lowest BCUT2D eigenvalue weighted by atomic mass is 9.92. The Morgan fingerprint density at radius 3 is 2.67 bits per heavy atom. The first-order valence-corrected chi connectivity index (χ1v) is 7.38. The molecule has 108 valence electrons. The molecule has 0 spiro atoms. The second-order valence-corrected chi connectivity index (χ2v) is 5.45. The van der Waals surface area contributed by atoms with Gasteiger partial charge in [-0.1, -0.05) is 42.5 Å². The second kappa shape index (κ2) is 6.10. The van der Waals surface area contributed by atoms with Gasteiger partial charge in [-0.15, -0.1) is 0 Å². The van der Waals surface area contributed by atoms with Crippen molar-refractivity contribution >= 4 is 11.6 Å². The Morgan fingerprint density at radius 2 is 1.86 bits per heavy atom. The number of anilines is 1. The van der Waals surface area contributed by atoms with Crippen LogP contribution in [-0.2, 0) is 11.2 Å². The van der Waals surface area contributed by atoms with E-state index in [0.29, 0.717) is 6.42 Å². The van der Waals surface area contributed by atoms with Gasteiger partial charge in [0.15, 0.2) is 0 Å². The molecule has 3 heteroatoms. The molecule has 0 saturated carbocycles. The van der Waals surface area contributed by atoms with Gasteiger partial charge in [0.2, 0.25) is 5.91 Å². The van der Waals surface area contributed by atoms with Gasteiger partial charge in [0.05, 0.1) is 0 Å². The molecule has 21 heavy (non-hydrogen) atoms. The summed E-state index contributed by atoms with van der Waals surface area (Å²) in [4.78, 5) is 14.2. The lowest BCUT2D eigenvalue weighted by Crippen LogP contribution is -2.35. The van der Waals surface area contributed by atoms with Crippen molar-refractivity contribution < 1.29 is 4.79 Å². The summed E-state index contributed by atoms with van der Waals surface area (Å²) in [7, 11) is 1.84. The predicted octanol–water partition coefficient (Wildman–Crippen LogP) is 2.93. The fourth-order valence-electron chi connectivity index (χ4n) is 2.88. The minimum absolute atomic E-state index is 0.119. The second-order valence-electron chi connectivity index (χ2n) is 5.45. The van der Waals surface area contributed by atoms with Gasteiger partial charge >= 0.3 is 0 Å². The number of carbonyl (C=O) groups excluding carboxylic acids is 1. The molecule has 0 radical (unpaired) electrons. The summed E-state index contributed by atoms with van der Waals surface area (Å²) in [6, 6.07) is 18.3. The lowest BCUT2D eigenvalue weighted by Gasteiger charge is -2.28. The van der Waals surface area contributed by atoms with Crippen LogP contribution in [0.15, 0.2) is 54.6 Å². The molecule has 1 atom stereocenters. The minimum Gasteiger partial charge on any atom is -0.315 e. The van der Waals surface area contributed by atoms with E-state index in [1.165, 1.54) is 11.1 Å². The molecule has 0 aliphatic carbocycles. The van der Waals surface area contributed by atoms with E-state index < -0.39 is 0 Å². The van der Waals surface area contributed by atoms with Crippen molar-refractivity contribution in [2.45, 2.75) is 18.9 Å². The van der Waals surface area contributed by atoms with Crippen molar-refractivity contribution in [3.63, 3.8) is 0 Å². The number of benzene rings is 2. The lowest BCUT2D eigenvalue weighted by molar-refractivity contribution is -0.118. The molecule has 0 bridgehead atoms. The maximum atomic E-state index is 12.5. The van der Waals surface area contributed by atoms with Crippen molar-refractivity contribution in [3.8, 4) is 0 Å². The fourth-order valence-corrected chi connectivity index (χ4v) is 2.88. The Morgan fingerprint density at radius 1 is 1.14 bits per heavy atom. The highest BCUT2D eigenvalue weighted by molar-refractivity contribution is 5.93. The molecule has 1 heterocycles. The van der Waals surface area contributed by atoms with E-state index in [-0.39, 0.29) is 11.9 Å². The van der Waals surface area contributed by atoms with Crippen LogP contribution in [0, 0.1) is 0 Å². The molecule has 1 aliphatic heterocycles. The molecule has 1 amide bonds. The maximum absolute atomic E-state index is 12.5. The van der Waals surface area contributed by atoms with E-state index in [1.54, 1.807) is 4.90 Å². The van der Waals surface area contributed by atoms with Gasteiger partial charge < -0.3 is 10.2 Å². The average molecular weight is 280 g/mol. The SMILES string of the molecule is CN(C(=O)CC1NCCc2ccccc21)c1ccccc1. The number of carbonyl (C=O) groups is 1. The number of fused-ring (bicyclic) bond motifs is 1. The van der Waals surface area contributed by atoms with Gasteiger partial charge in [0.25, 0.3) is 0 Å². The Kier molecular flexibility index (Phi) is 4.02. The van der Waals surface area contributed by atoms with E-state index in [2.05, 4.69) is 23.5 Å². The number of hydrogen-bond donors (Lipinski definition) is 1. The summed E-state index contributed by atoms with van der Waals surface area (Å²) in [5, 5.41) is 3.47. The van der Waals surface area contributed by atoms with Crippen LogP contribution in [0.2, 0.25) is 0 Å². The quantitative estimate of drug-likeness (QED) is 0.937. The first-order valence-electron chi connectivity index (χ1n) is 7.38. The van der Waals surface area contributed by atoms with Crippen LogP contribution in [0.4, 0.5) is 5.69 Å².